The summed E-state index contributed by atoms with van der Waals surface area (Å²) in [5, 5.41) is 15.2. The van der Waals surface area contributed by atoms with Crippen LogP contribution in [0.2, 0.25) is 0 Å². The summed E-state index contributed by atoms with van der Waals surface area (Å²) in [4.78, 5) is 25.7. The quantitative estimate of drug-likeness (QED) is 0.438. The molecule has 178 valence electrons. The van der Waals surface area contributed by atoms with Gasteiger partial charge in [-0.3, -0.25) is 4.79 Å². The lowest BCUT2D eigenvalue weighted by Crippen LogP contribution is -2.50. The number of ether oxygens (including phenoxy) is 1. The van der Waals surface area contributed by atoms with Gasteiger partial charge >= 0.3 is 5.97 Å². The monoisotopic (exact) mass is 461 g/mol. The first-order valence-electron chi connectivity index (χ1n) is 12.2. The van der Waals surface area contributed by atoms with Crippen LogP contribution >= 0.6 is 0 Å². The first-order valence-corrected chi connectivity index (χ1v) is 12.2. The van der Waals surface area contributed by atoms with Gasteiger partial charge in [0.15, 0.2) is 5.60 Å². The zero-order chi connectivity index (χ0) is 23.9. The molecular formula is C28H31NO5. The molecule has 34 heavy (non-hydrogen) atoms. The minimum Gasteiger partial charge on any atom is -0.464 e. The average Bonchev–Trinajstić information content (AvgIpc) is 3.55. The molecule has 2 aliphatic heterocycles. The number of nitrogens with one attached hydrogen (secondary N) is 1. The van der Waals surface area contributed by atoms with Crippen molar-refractivity contribution >= 4 is 17.6 Å². The molecule has 0 aromatic heterocycles. The third-order valence-electron chi connectivity index (χ3n) is 7.43. The number of amides is 1. The van der Waals surface area contributed by atoms with E-state index in [1.807, 2.05) is 38.1 Å². The molecule has 5 rings (SSSR count). The van der Waals surface area contributed by atoms with Crippen molar-refractivity contribution in [3.8, 4) is 11.3 Å². The molecule has 2 atom stereocenters. The number of fused-ring (bicyclic) bond motifs is 2. The van der Waals surface area contributed by atoms with Crippen molar-refractivity contribution in [2.75, 3.05) is 5.32 Å². The second kappa shape index (κ2) is 8.91. The predicted octanol–water partition coefficient (Wildman–Crippen LogP) is 5.74. The van der Waals surface area contributed by atoms with Gasteiger partial charge in [-0.25, -0.2) is 4.79 Å². The first-order chi connectivity index (χ1) is 16.4. The second-order valence-electron chi connectivity index (χ2n) is 10.1. The van der Waals surface area contributed by atoms with E-state index < -0.39 is 17.4 Å². The fourth-order valence-corrected chi connectivity index (χ4v) is 5.89. The van der Waals surface area contributed by atoms with Crippen molar-refractivity contribution in [1.82, 2.24) is 0 Å². The largest absolute Gasteiger partial charge is 0.464 e. The molecule has 2 heterocycles. The molecule has 1 fully saturated rings. The summed E-state index contributed by atoms with van der Waals surface area (Å²) in [6.45, 7) is 4.27. The number of aliphatic hydroxyl groups is 1. The van der Waals surface area contributed by atoms with Gasteiger partial charge in [-0.15, -0.1) is 0 Å². The maximum atomic E-state index is 13.9. The molecular weight excluding hydrogens is 430 g/mol. The summed E-state index contributed by atoms with van der Waals surface area (Å²) in [5.41, 5.74) is 1.99. The maximum Gasteiger partial charge on any atom is 0.338 e. The Labute approximate surface area is 199 Å². The number of benzene rings is 1. The van der Waals surface area contributed by atoms with Crippen molar-refractivity contribution in [1.29, 1.82) is 0 Å². The molecule has 4 aliphatic rings. The highest BCUT2D eigenvalue weighted by atomic mass is 16.5. The number of cyclic esters (lactones) is 1. The summed E-state index contributed by atoms with van der Waals surface area (Å²) < 4.78 is 10.9. The number of hydrogen-bond acceptors (Lipinski definition) is 5. The van der Waals surface area contributed by atoms with Gasteiger partial charge in [0.2, 0.25) is 0 Å². The van der Waals surface area contributed by atoms with Crippen molar-refractivity contribution in [2.45, 2.75) is 64.1 Å². The van der Waals surface area contributed by atoms with Crippen LogP contribution in [0.1, 0.15) is 73.4 Å². The van der Waals surface area contributed by atoms with E-state index in [9.17, 15) is 14.7 Å². The van der Waals surface area contributed by atoms with Crippen LogP contribution in [-0.2, 0) is 16.1 Å². The van der Waals surface area contributed by atoms with E-state index in [1.54, 1.807) is 24.5 Å². The normalized spacial score (nSPS) is 18.6. The molecule has 1 aromatic carbocycles. The zero-order valence-electron chi connectivity index (χ0n) is 19.7. The lowest BCUT2D eigenvalue weighted by Gasteiger charge is -2.39. The minimum atomic E-state index is -1.62. The van der Waals surface area contributed by atoms with E-state index in [-0.39, 0.29) is 18.5 Å². The average molecular weight is 462 g/mol. The van der Waals surface area contributed by atoms with E-state index in [0.29, 0.717) is 29.3 Å². The second-order valence-corrected chi connectivity index (χ2v) is 10.1. The minimum absolute atomic E-state index is 0.01000. The van der Waals surface area contributed by atoms with Gasteiger partial charge in [0.1, 0.15) is 12.4 Å². The molecule has 1 amide bonds. The maximum absolute atomic E-state index is 13.9. The third-order valence-corrected chi connectivity index (χ3v) is 7.43. The topological polar surface area (TPSA) is 88.8 Å². The molecule has 1 saturated carbocycles. The molecule has 0 saturated heterocycles. The van der Waals surface area contributed by atoms with Crippen LogP contribution in [0.25, 0.3) is 11.3 Å². The molecule has 6 nitrogen and oxygen atoms in total. The van der Waals surface area contributed by atoms with Gasteiger partial charge in [-0.05, 0) is 48.6 Å². The first kappa shape index (κ1) is 22.7. The standard InChI is InChI=1S/C28H31NO5/c1-17(2)24(23-11-9-19-8-5-13-33-25(19)23)28(32,15-18-6-3-4-7-18)27(31)29-21-10-12-22-20(14-21)16-34-26(22)30/h5,8-14,17-18,24,32H,3-4,6-7,15-16H2,1-2H3,(H,29,31). The Morgan fingerprint density at radius 1 is 1.18 bits per heavy atom. The van der Waals surface area contributed by atoms with Crippen molar-refractivity contribution in [3.05, 3.63) is 65.4 Å². The van der Waals surface area contributed by atoms with Crippen LogP contribution < -0.4 is 5.32 Å². The molecule has 2 unspecified atom stereocenters. The van der Waals surface area contributed by atoms with Gasteiger partial charge in [-0.2, -0.15) is 0 Å². The summed E-state index contributed by atoms with van der Waals surface area (Å²) in [6.07, 6.45) is 6.32. The molecule has 2 aliphatic carbocycles. The van der Waals surface area contributed by atoms with Crippen LogP contribution in [0.5, 0.6) is 0 Å². The molecule has 6 heteroatoms. The summed E-state index contributed by atoms with van der Waals surface area (Å²) in [5.74, 6) is -0.223. The molecule has 0 bridgehead atoms. The highest BCUT2D eigenvalue weighted by molar-refractivity contribution is 5.99. The number of carbonyl (C=O) groups is 2. The van der Waals surface area contributed by atoms with Crippen LogP contribution in [0.15, 0.2) is 53.1 Å². The van der Waals surface area contributed by atoms with Crippen molar-refractivity contribution in [2.24, 2.45) is 11.8 Å². The van der Waals surface area contributed by atoms with E-state index >= 15 is 0 Å². The Kier molecular flexibility index (Phi) is 5.94. The number of esters is 1. The lowest BCUT2D eigenvalue weighted by molar-refractivity contribution is -0.140. The Balaban J connectivity index is 1.52. The van der Waals surface area contributed by atoms with E-state index in [4.69, 9.17) is 9.15 Å². The Bertz CT molecular complexity index is 1180. The summed E-state index contributed by atoms with van der Waals surface area (Å²) >= 11 is 0. The van der Waals surface area contributed by atoms with Crippen LogP contribution in [-0.4, -0.2) is 22.6 Å². The van der Waals surface area contributed by atoms with Crippen LogP contribution in [0.3, 0.4) is 0 Å². The van der Waals surface area contributed by atoms with E-state index in [2.05, 4.69) is 5.32 Å². The Morgan fingerprint density at radius 3 is 2.74 bits per heavy atom. The number of carbonyl (C=O) groups excluding carboxylic acids is 2. The van der Waals surface area contributed by atoms with Gasteiger partial charge in [-0.1, -0.05) is 51.7 Å². The van der Waals surface area contributed by atoms with Gasteiger partial charge in [0.05, 0.1) is 11.8 Å². The van der Waals surface area contributed by atoms with Crippen molar-refractivity contribution < 1.29 is 23.8 Å². The van der Waals surface area contributed by atoms with Gasteiger partial charge in [0.25, 0.3) is 5.91 Å². The van der Waals surface area contributed by atoms with Gasteiger partial charge < -0.3 is 19.6 Å². The van der Waals surface area contributed by atoms with E-state index in [0.717, 1.165) is 42.4 Å². The Morgan fingerprint density at radius 2 is 1.97 bits per heavy atom. The predicted molar refractivity (Wildman–Crippen MR) is 129 cm³/mol. The lowest BCUT2D eigenvalue weighted by atomic mass is 9.70. The summed E-state index contributed by atoms with van der Waals surface area (Å²) in [7, 11) is 0. The summed E-state index contributed by atoms with van der Waals surface area (Å²) in [6, 6.07) is 12.9. The Hall–Kier alpha value is -3.12. The van der Waals surface area contributed by atoms with Crippen LogP contribution in [0, 0.1) is 11.8 Å². The number of anilines is 1. The molecule has 0 radical (unpaired) electrons. The fourth-order valence-electron chi connectivity index (χ4n) is 5.89. The van der Waals surface area contributed by atoms with Gasteiger partial charge in [0, 0.05) is 28.3 Å². The highest BCUT2D eigenvalue weighted by Gasteiger charge is 2.49. The molecule has 2 N–H and O–H groups in total. The number of hydrogen-bond donors (Lipinski definition) is 2. The SMILES string of the molecule is CC(C)C(c1ccc2cccoc1-2)C(O)(CC1CCCC1)C(=O)Nc1ccc2c(c1)COC2=O. The van der Waals surface area contributed by atoms with Crippen molar-refractivity contribution in [3.63, 3.8) is 0 Å². The fraction of sp³-hybridized carbons (Fsp3) is 0.429. The highest BCUT2D eigenvalue weighted by Crippen LogP contribution is 2.47. The molecule has 0 spiro atoms. The third kappa shape index (κ3) is 4.00. The van der Waals surface area contributed by atoms with E-state index in [1.165, 1.54) is 0 Å². The van der Waals surface area contributed by atoms with Crippen LogP contribution in [0.4, 0.5) is 5.69 Å². The smallest absolute Gasteiger partial charge is 0.338 e. The number of rotatable bonds is 7. The molecule has 1 aromatic rings. The zero-order valence-corrected chi connectivity index (χ0v) is 19.7.